The molecule has 248 valence electrons. The Balaban J connectivity index is 0. The number of aliphatic carboxylic acids is 2. The SMILES string of the molecule is CCCCCCCCCC(=O)NCCCCCC(=O)O.CCCCCCCCCC(=O)NOOCCCCCC(=O)O. The van der Waals surface area contributed by atoms with Crippen molar-refractivity contribution in [2.75, 3.05) is 13.2 Å². The maximum Gasteiger partial charge on any atom is 0.303 e. The predicted molar refractivity (Wildman–Crippen MR) is 166 cm³/mol. The summed E-state index contributed by atoms with van der Waals surface area (Å²) in [7, 11) is 0. The number of amides is 2. The molecule has 42 heavy (non-hydrogen) atoms. The lowest BCUT2D eigenvalue weighted by Crippen LogP contribution is -2.23. The van der Waals surface area contributed by atoms with Gasteiger partial charge in [-0.15, -0.1) is 4.99 Å². The van der Waals surface area contributed by atoms with E-state index in [0.29, 0.717) is 45.3 Å². The highest BCUT2D eigenvalue weighted by Gasteiger charge is 2.03. The van der Waals surface area contributed by atoms with E-state index in [0.717, 1.165) is 44.9 Å². The lowest BCUT2D eigenvalue weighted by Gasteiger charge is -2.05. The van der Waals surface area contributed by atoms with E-state index in [1.54, 1.807) is 0 Å². The van der Waals surface area contributed by atoms with Crippen LogP contribution in [0.25, 0.3) is 0 Å². The summed E-state index contributed by atoms with van der Waals surface area (Å²) in [6.07, 6.45) is 22.8. The van der Waals surface area contributed by atoms with Gasteiger partial charge in [0, 0.05) is 32.2 Å². The van der Waals surface area contributed by atoms with Crippen LogP contribution in [0.5, 0.6) is 0 Å². The Hall–Kier alpha value is -2.20. The van der Waals surface area contributed by atoms with Crippen LogP contribution in [0.2, 0.25) is 0 Å². The number of nitrogens with one attached hydrogen (secondary N) is 2. The number of carboxylic acids is 2. The first-order valence-corrected chi connectivity index (χ1v) is 16.6. The van der Waals surface area contributed by atoms with Gasteiger partial charge in [-0.25, -0.2) is 10.4 Å². The number of carbonyl (C=O) groups is 4. The van der Waals surface area contributed by atoms with Gasteiger partial charge >= 0.3 is 11.9 Å². The molecule has 0 aromatic heterocycles. The number of hydrogen-bond acceptors (Lipinski definition) is 6. The average Bonchev–Trinajstić information content (AvgIpc) is 2.95. The van der Waals surface area contributed by atoms with E-state index >= 15 is 0 Å². The Morgan fingerprint density at radius 1 is 0.500 bits per heavy atom. The molecule has 0 radical (unpaired) electrons. The number of hydrogen-bond donors (Lipinski definition) is 4. The number of hydroxylamine groups is 1. The van der Waals surface area contributed by atoms with Crippen molar-refractivity contribution < 1.29 is 39.3 Å². The van der Waals surface area contributed by atoms with Crippen molar-refractivity contribution in [3.8, 4) is 0 Å². The van der Waals surface area contributed by atoms with Gasteiger partial charge in [0.2, 0.25) is 11.8 Å². The fraction of sp³-hybridized carbons (Fsp3) is 0.875. The number of unbranched alkanes of at least 4 members (excludes halogenated alkanes) is 16. The molecule has 0 aliphatic heterocycles. The quantitative estimate of drug-likeness (QED) is 0.0372. The molecule has 0 aliphatic rings. The van der Waals surface area contributed by atoms with Crippen LogP contribution in [0.4, 0.5) is 0 Å². The third kappa shape index (κ3) is 39.9. The summed E-state index contributed by atoms with van der Waals surface area (Å²) in [5.41, 5.74) is 2.25. The Morgan fingerprint density at radius 3 is 1.40 bits per heavy atom. The van der Waals surface area contributed by atoms with E-state index in [1.165, 1.54) is 64.2 Å². The zero-order valence-corrected chi connectivity index (χ0v) is 26.7. The molecule has 0 spiro atoms. The minimum absolute atomic E-state index is 0.136. The Labute approximate surface area is 255 Å². The molecule has 10 heteroatoms. The van der Waals surface area contributed by atoms with Gasteiger partial charge in [-0.2, -0.15) is 0 Å². The summed E-state index contributed by atoms with van der Waals surface area (Å²) in [4.78, 5) is 52.9. The second kappa shape index (κ2) is 35.0. The lowest BCUT2D eigenvalue weighted by molar-refractivity contribution is -0.329. The molecule has 0 aliphatic carbocycles. The summed E-state index contributed by atoms with van der Waals surface area (Å²) in [6.45, 7) is 5.43. The fourth-order valence-electron chi connectivity index (χ4n) is 4.16. The van der Waals surface area contributed by atoms with Crippen molar-refractivity contribution in [2.45, 2.75) is 168 Å². The van der Waals surface area contributed by atoms with E-state index in [1.807, 2.05) is 0 Å². The van der Waals surface area contributed by atoms with Gasteiger partial charge in [-0.3, -0.25) is 19.2 Å². The monoisotopic (exact) mass is 602 g/mol. The first-order valence-electron chi connectivity index (χ1n) is 16.6. The summed E-state index contributed by atoms with van der Waals surface area (Å²) in [5, 5.41) is 19.8. The molecular formula is C32H62N2O8. The van der Waals surface area contributed by atoms with Gasteiger partial charge < -0.3 is 15.5 Å². The molecule has 0 bridgehead atoms. The predicted octanol–water partition coefficient (Wildman–Crippen LogP) is 7.64. The Bertz CT molecular complexity index is 646. The molecule has 0 saturated carbocycles. The van der Waals surface area contributed by atoms with Gasteiger partial charge in [-0.05, 0) is 38.5 Å². The number of rotatable bonds is 30. The smallest absolute Gasteiger partial charge is 0.303 e. The maximum atomic E-state index is 11.5. The summed E-state index contributed by atoms with van der Waals surface area (Å²) in [5.74, 6) is -1.56. The molecule has 0 rings (SSSR count). The molecule has 0 heterocycles. The second-order valence-electron chi connectivity index (χ2n) is 10.9. The Kier molecular flexibility index (Phi) is 34.9. The van der Waals surface area contributed by atoms with Gasteiger partial charge in [0.25, 0.3) is 0 Å². The molecule has 0 saturated heterocycles. The molecule has 0 atom stereocenters. The summed E-state index contributed by atoms with van der Waals surface area (Å²) in [6, 6.07) is 0. The van der Waals surface area contributed by atoms with Gasteiger partial charge in [0.1, 0.15) is 0 Å². The van der Waals surface area contributed by atoms with Crippen LogP contribution in [-0.4, -0.2) is 47.1 Å². The highest BCUT2D eigenvalue weighted by atomic mass is 17.3. The molecule has 0 aromatic rings. The fourth-order valence-corrected chi connectivity index (χ4v) is 4.16. The zero-order chi connectivity index (χ0) is 31.5. The van der Waals surface area contributed by atoms with Crippen molar-refractivity contribution >= 4 is 23.8 Å². The third-order valence-corrected chi connectivity index (χ3v) is 6.74. The zero-order valence-electron chi connectivity index (χ0n) is 26.7. The van der Waals surface area contributed by atoms with Crippen LogP contribution in [-0.2, 0) is 29.1 Å². The number of carbonyl (C=O) groups excluding carboxylic acids is 2. The second-order valence-corrected chi connectivity index (χ2v) is 10.9. The van der Waals surface area contributed by atoms with Crippen LogP contribution >= 0.6 is 0 Å². The van der Waals surface area contributed by atoms with Crippen LogP contribution in [0.3, 0.4) is 0 Å². The molecular weight excluding hydrogens is 540 g/mol. The molecule has 2 amide bonds. The van der Waals surface area contributed by atoms with Gasteiger partial charge in [0.05, 0.1) is 6.61 Å². The van der Waals surface area contributed by atoms with E-state index in [9.17, 15) is 19.2 Å². The van der Waals surface area contributed by atoms with Crippen molar-refractivity contribution in [3.63, 3.8) is 0 Å². The topological polar surface area (TPSA) is 151 Å². The first-order chi connectivity index (χ1) is 20.3. The van der Waals surface area contributed by atoms with E-state index < -0.39 is 11.9 Å². The normalized spacial score (nSPS) is 10.5. The first kappa shape index (κ1) is 41.9. The molecule has 0 fully saturated rings. The summed E-state index contributed by atoms with van der Waals surface area (Å²) >= 11 is 0. The van der Waals surface area contributed by atoms with Crippen molar-refractivity contribution in [1.82, 2.24) is 10.8 Å². The molecule has 10 nitrogen and oxygen atoms in total. The average molecular weight is 603 g/mol. The highest BCUT2D eigenvalue weighted by Crippen LogP contribution is 2.09. The molecule has 0 unspecified atom stereocenters. The van der Waals surface area contributed by atoms with Crippen LogP contribution < -0.4 is 10.8 Å². The molecule has 4 N–H and O–H groups in total. The molecule has 0 aromatic carbocycles. The third-order valence-electron chi connectivity index (χ3n) is 6.74. The van der Waals surface area contributed by atoms with Crippen molar-refractivity contribution in [1.29, 1.82) is 0 Å². The maximum absolute atomic E-state index is 11.5. The minimum atomic E-state index is -0.783. The van der Waals surface area contributed by atoms with Crippen LogP contribution in [0, 0.1) is 0 Å². The van der Waals surface area contributed by atoms with E-state index in [-0.39, 0.29) is 24.7 Å². The summed E-state index contributed by atoms with van der Waals surface area (Å²) < 4.78 is 0. The minimum Gasteiger partial charge on any atom is -0.481 e. The Morgan fingerprint density at radius 2 is 0.905 bits per heavy atom. The van der Waals surface area contributed by atoms with Gasteiger partial charge in [-0.1, -0.05) is 104 Å². The highest BCUT2D eigenvalue weighted by molar-refractivity contribution is 5.75. The van der Waals surface area contributed by atoms with Crippen LogP contribution in [0.15, 0.2) is 0 Å². The lowest BCUT2D eigenvalue weighted by atomic mass is 10.1. The standard InChI is InChI=1S/C16H31NO5.C16H31NO3/c1-2-3-4-5-6-7-9-12-15(18)17-22-21-14-11-8-10-13-16(19)20;1-2-3-4-5-6-7-9-12-15(18)17-14-11-8-10-13-16(19)20/h2-14H2,1H3,(H,17,18)(H,19,20);2-14H2,1H3,(H,17,18)(H,19,20). The van der Waals surface area contributed by atoms with Crippen LogP contribution in [0.1, 0.15) is 168 Å². The largest absolute Gasteiger partial charge is 0.481 e. The number of carboxylic acid groups (broad SMARTS) is 2. The van der Waals surface area contributed by atoms with E-state index in [4.69, 9.17) is 15.1 Å². The van der Waals surface area contributed by atoms with Crippen molar-refractivity contribution in [3.05, 3.63) is 0 Å². The van der Waals surface area contributed by atoms with Gasteiger partial charge in [0.15, 0.2) is 0 Å². The van der Waals surface area contributed by atoms with Crippen molar-refractivity contribution in [2.24, 2.45) is 0 Å². The van der Waals surface area contributed by atoms with E-state index in [2.05, 4.69) is 29.6 Å².